The van der Waals surface area contributed by atoms with Crippen molar-refractivity contribution in [1.29, 1.82) is 0 Å². The number of hydrogen-bond donors (Lipinski definition) is 3. The summed E-state index contributed by atoms with van der Waals surface area (Å²) in [5.41, 5.74) is 6.12. The quantitative estimate of drug-likeness (QED) is 0.778. The van der Waals surface area contributed by atoms with Gasteiger partial charge in [-0.25, -0.2) is 0 Å². The summed E-state index contributed by atoms with van der Waals surface area (Å²) < 4.78 is 0. The van der Waals surface area contributed by atoms with Crippen LogP contribution >= 0.6 is 11.6 Å². The van der Waals surface area contributed by atoms with Gasteiger partial charge in [0, 0.05) is 16.8 Å². The third-order valence-corrected chi connectivity index (χ3v) is 4.38. The topological polar surface area (TPSA) is 84.2 Å². The second kappa shape index (κ2) is 7.49. The van der Waals surface area contributed by atoms with Crippen molar-refractivity contribution in [2.45, 2.75) is 38.6 Å². The van der Waals surface area contributed by atoms with E-state index in [1.165, 1.54) is 12.5 Å². The largest absolute Gasteiger partial charge is 0.376 e. The van der Waals surface area contributed by atoms with Crippen LogP contribution in [0.1, 0.15) is 43.0 Å². The molecule has 120 valence electrons. The molecule has 0 aromatic heterocycles. The molecule has 1 aromatic rings. The second-order valence-electron chi connectivity index (χ2n) is 5.84. The second-order valence-corrected chi connectivity index (χ2v) is 6.28. The summed E-state index contributed by atoms with van der Waals surface area (Å²) in [7, 11) is 0. The molecule has 0 bridgehead atoms. The van der Waals surface area contributed by atoms with Gasteiger partial charge < -0.3 is 16.4 Å². The Balaban J connectivity index is 1.92. The van der Waals surface area contributed by atoms with Crippen LogP contribution in [0.15, 0.2) is 18.2 Å². The average Bonchev–Trinajstić information content (AvgIpc) is 2.48. The predicted octanol–water partition coefficient (Wildman–Crippen LogP) is 2.55. The fourth-order valence-corrected chi connectivity index (χ4v) is 3.01. The van der Waals surface area contributed by atoms with E-state index in [1.807, 2.05) is 0 Å². The van der Waals surface area contributed by atoms with Gasteiger partial charge in [0.1, 0.15) is 0 Å². The summed E-state index contributed by atoms with van der Waals surface area (Å²) in [6.45, 7) is 2.27. The summed E-state index contributed by atoms with van der Waals surface area (Å²) in [6.07, 6.45) is 4.58. The Morgan fingerprint density at radius 3 is 2.73 bits per heavy atom. The molecule has 22 heavy (non-hydrogen) atoms. The highest BCUT2D eigenvalue weighted by Crippen LogP contribution is 2.24. The maximum atomic E-state index is 12.1. The molecule has 2 rings (SSSR count). The van der Waals surface area contributed by atoms with Gasteiger partial charge in [-0.3, -0.25) is 9.59 Å². The SMILES string of the molecule is C[C@H]1CCCC[C@H]1NC(=O)CNc1ccc(Cl)cc1C(N)=O. The van der Waals surface area contributed by atoms with Crippen LogP contribution in [-0.2, 0) is 4.79 Å². The van der Waals surface area contributed by atoms with Crippen LogP contribution in [0, 0.1) is 5.92 Å². The molecular formula is C16H22ClN3O2. The van der Waals surface area contributed by atoms with Gasteiger partial charge in [-0.2, -0.15) is 0 Å². The van der Waals surface area contributed by atoms with Crippen LogP contribution < -0.4 is 16.4 Å². The van der Waals surface area contributed by atoms with E-state index in [2.05, 4.69) is 17.6 Å². The molecule has 0 heterocycles. The minimum absolute atomic E-state index is 0.0795. The molecule has 1 fully saturated rings. The summed E-state index contributed by atoms with van der Waals surface area (Å²) in [6, 6.07) is 5.04. The normalized spacial score (nSPS) is 21.2. The molecule has 0 aliphatic heterocycles. The lowest BCUT2D eigenvalue weighted by atomic mass is 9.86. The number of anilines is 1. The Bertz CT molecular complexity index is 562. The number of nitrogens with two attached hydrogens (primary N) is 1. The van der Waals surface area contributed by atoms with Crippen LogP contribution in [0.3, 0.4) is 0 Å². The first-order chi connectivity index (χ1) is 10.5. The van der Waals surface area contributed by atoms with E-state index in [1.54, 1.807) is 12.1 Å². The Morgan fingerprint density at radius 2 is 2.05 bits per heavy atom. The highest BCUT2D eigenvalue weighted by Gasteiger charge is 2.22. The number of amides is 2. The average molecular weight is 324 g/mol. The molecule has 5 nitrogen and oxygen atoms in total. The summed E-state index contributed by atoms with van der Waals surface area (Å²) in [4.78, 5) is 23.5. The minimum atomic E-state index is -0.577. The molecule has 4 N–H and O–H groups in total. The minimum Gasteiger partial charge on any atom is -0.376 e. The van der Waals surface area contributed by atoms with E-state index in [-0.39, 0.29) is 24.1 Å². The van der Waals surface area contributed by atoms with Crippen LogP contribution in [0.25, 0.3) is 0 Å². The number of nitrogens with one attached hydrogen (secondary N) is 2. The van der Waals surface area contributed by atoms with E-state index in [9.17, 15) is 9.59 Å². The molecule has 0 saturated heterocycles. The first-order valence-electron chi connectivity index (χ1n) is 7.60. The van der Waals surface area contributed by atoms with Crippen molar-refractivity contribution in [2.75, 3.05) is 11.9 Å². The van der Waals surface area contributed by atoms with Crippen LogP contribution in [0.4, 0.5) is 5.69 Å². The summed E-state index contributed by atoms with van der Waals surface area (Å²) in [5, 5.41) is 6.44. The standard InChI is InChI=1S/C16H22ClN3O2/c1-10-4-2-3-5-13(10)20-15(21)9-19-14-7-6-11(17)8-12(14)16(18)22/h6-8,10,13,19H,2-5,9H2,1H3,(H2,18,22)(H,20,21)/t10-,13+/m0/s1. The number of carbonyl (C=O) groups excluding carboxylic acids is 2. The maximum Gasteiger partial charge on any atom is 0.250 e. The van der Waals surface area contributed by atoms with Crippen molar-refractivity contribution in [3.05, 3.63) is 28.8 Å². The zero-order valence-corrected chi connectivity index (χ0v) is 13.5. The molecule has 2 atom stereocenters. The first-order valence-corrected chi connectivity index (χ1v) is 7.97. The number of benzene rings is 1. The van der Waals surface area contributed by atoms with E-state index in [4.69, 9.17) is 17.3 Å². The van der Waals surface area contributed by atoms with E-state index >= 15 is 0 Å². The van der Waals surface area contributed by atoms with Crippen LogP contribution in [0.5, 0.6) is 0 Å². The van der Waals surface area contributed by atoms with Crippen molar-refractivity contribution in [2.24, 2.45) is 11.7 Å². The number of halogens is 1. The summed E-state index contributed by atoms with van der Waals surface area (Å²) >= 11 is 5.85. The molecule has 1 saturated carbocycles. The smallest absolute Gasteiger partial charge is 0.250 e. The zero-order valence-electron chi connectivity index (χ0n) is 12.7. The van der Waals surface area contributed by atoms with Gasteiger partial charge in [0.05, 0.1) is 12.1 Å². The third kappa shape index (κ3) is 4.37. The maximum absolute atomic E-state index is 12.1. The van der Waals surface area contributed by atoms with Crippen LogP contribution in [-0.4, -0.2) is 24.4 Å². The molecule has 1 aromatic carbocycles. The third-order valence-electron chi connectivity index (χ3n) is 4.14. The number of primary amides is 1. The number of carbonyl (C=O) groups is 2. The van der Waals surface area contributed by atoms with E-state index < -0.39 is 5.91 Å². The lowest BCUT2D eigenvalue weighted by Crippen LogP contribution is -2.43. The predicted molar refractivity (Wildman–Crippen MR) is 88.0 cm³/mol. The fraction of sp³-hybridized carbons (Fsp3) is 0.500. The van der Waals surface area contributed by atoms with Crippen molar-refractivity contribution >= 4 is 29.1 Å². The van der Waals surface area contributed by atoms with Crippen molar-refractivity contribution in [1.82, 2.24) is 5.32 Å². The molecular weight excluding hydrogens is 302 g/mol. The van der Waals surface area contributed by atoms with E-state index in [0.717, 1.165) is 19.3 Å². The van der Waals surface area contributed by atoms with Crippen LogP contribution in [0.2, 0.25) is 5.02 Å². The number of hydrogen-bond acceptors (Lipinski definition) is 3. The molecule has 0 radical (unpaired) electrons. The van der Waals surface area contributed by atoms with Crippen molar-refractivity contribution in [3.8, 4) is 0 Å². The Kier molecular flexibility index (Phi) is 5.66. The number of rotatable bonds is 5. The monoisotopic (exact) mass is 323 g/mol. The van der Waals surface area contributed by atoms with Gasteiger partial charge in [0.2, 0.25) is 5.91 Å². The molecule has 1 aliphatic rings. The van der Waals surface area contributed by atoms with E-state index in [0.29, 0.717) is 16.6 Å². The highest BCUT2D eigenvalue weighted by atomic mass is 35.5. The van der Waals surface area contributed by atoms with Gasteiger partial charge in [0.15, 0.2) is 0 Å². The molecule has 1 aliphatic carbocycles. The molecule has 6 heteroatoms. The summed E-state index contributed by atoms with van der Waals surface area (Å²) in [5.74, 6) is -0.148. The molecule has 0 unspecified atom stereocenters. The van der Waals surface area contributed by atoms with Gasteiger partial charge in [0.25, 0.3) is 5.91 Å². The highest BCUT2D eigenvalue weighted by molar-refractivity contribution is 6.31. The fourth-order valence-electron chi connectivity index (χ4n) is 2.84. The lowest BCUT2D eigenvalue weighted by molar-refractivity contribution is -0.120. The van der Waals surface area contributed by atoms with Gasteiger partial charge in [-0.05, 0) is 37.0 Å². The first kappa shape index (κ1) is 16.6. The Hall–Kier alpha value is -1.75. The van der Waals surface area contributed by atoms with Gasteiger partial charge >= 0.3 is 0 Å². The Morgan fingerprint density at radius 1 is 1.32 bits per heavy atom. The van der Waals surface area contributed by atoms with Crippen molar-refractivity contribution in [3.63, 3.8) is 0 Å². The van der Waals surface area contributed by atoms with Crippen molar-refractivity contribution < 1.29 is 9.59 Å². The Labute approximate surface area is 135 Å². The lowest BCUT2D eigenvalue weighted by Gasteiger charge is -2.29. The van der Waals surface area contributed by atoms with Gasteiger partial charge in [-0.1, -0.05) is 31.4 Å². The molecule has 2 amide bonds. The molecule has 0 spiro atoms. The van der Waals surface area contributed by atoms with Gasteiger partial charge in [-0.15, -0.1) is 0 Å². The zero-order chi connectivity index (χ0) is 16.1.